The maximum absolute atomic E-state index is 13.6. The van der Waals surface area contributed by atoms with Gasteiger partial charge >= 0.3 is 6.09 Å². The number of hydrogen-bond acceptors (Lipinski definition) is 5. The summed E-state index contributed by atoms with van der Waals surface area (Å²) in [4.78, 5) is 25.6. The maximum Gasteiger partial charge on any atom is 0.410 e. The Hall–Kier alpha value is -3.00. The van der Waals surface area contributed by atoms with Gasteiger partial charge in [0, 0.05) is 18.3 Å². The summed E-state index contributed by atoms with van der Waals surface area (Å²) in [6.07, 6.45) is 0.774. The first kappa shape index (κ1) is 16.5. The SMILES string of the molecule is O=C(OCc1ccccc1F)N1CCO[C@H](c2nc3ncccc3[nH]2)C1. The maximum atomic E-state index is 13.6. The van der Waals surface area contributed by atoms with Crippen LogP contribution in [0.1, 0.15) is 17.5 Å². The van der Waals surface area contributed by atoms with Crippen molar-refractivity contribution in [2.24, 2.45) is 0 Å². The van der Waals surface area contributed by atoms with Crippen molar-refractivity contribution in [3.05, 3.63) is 59.8 Å². The van der Waals surface area contributed by atoms with Gasteiger partial charge in [0.15, 0.2) is 5.65 Å². The second-order valence-corrected chi connectivity index (χ2v) is 5.95. The van der Waals surface area contributed by atoms with E-state index in [4.69, 9.17) is 9.47 Å². The van der Waals surface area contributed by atoms with Gasteiger partial charge in [-0.25, -0.2) is 19.2 Å². The van der Waals surface area contributed by atoms with E-state index in [2.05, 4.69) is 15.0 Å². The van der Waals surface area contributed by atoms with Gasteiger partial charge in [-0.05, 0) is 18.2 Å². The number of imidazole rings is 1. The number of pyridine rings is 1. The first-order valence-corrected chi connectivity index (χ1v) is 8.28. The summed E-state index contributed by atoms with van der Waals surface area (Å²) in [5, 5.41) is 0. The second-order valence-electron chi connectivity index (χ2n) is 5.95. The third kappa shape index (κ3) is 3.36. The number of carbonyl (C=O) groups is 1. The predicted molar refractivity (Wildman–Crippen MR) is 90.7 cm³/mol. The quantitative estimate of drug-likeness (QED) is 0.780. The number of ether oxygens (including phenoxy) is 2. The van der Waals surface area contributed by atoms with Gasteiger partial charge in [-0.15, -0.1) is 0 Å². The molecule has 0 aliphatic carbocycles. The number of rotatable bonds is 3. The van der Waals surface area contributed by atoms with E-state index in [0.717, 1.165) is 5.52 Å². The summed E-state index contributed by atoms with van der Waals surface area (Å²) in [6, 6.07) is 9.91. The Labute approximate surface area is 148 Å². The third-order valence-electron chi connectivity index (χ3n) is 4.21. The van der Waals surface area contributed by atoms with E-state index in [1.807, 2.05) is 12.1 Å². The Balaban J connectivity index is 1.41. The third-order valence-corrected chi connectivity index (χ3v) is 4.21. The van der Waals surface area contributed by atoms with E-state index in [1.165, 1.54) is 11.0 Å². The molecule has 2 aromatic heterocycles. The highest BCUT2D eigenvalue weighted by molar-refractivity contribution is 5.70. The molecule has 1 atom stereocenters. The van der Waals surface area contributed by atoms with Crippen molar-refractivity contribution >= 4 is 17.3 Å². The number of aromatic amines is 1. The molecular formula is C18H17FN4O3. The Morgan fingerprint density at radius 1 is 1.35 bits per heavy atom. The largest absolute Gasteiger partial charge is 0.444 e. The smallest absolute Gasteiger partial charge is 0.410 e. The summed E-state index contributed by atoms with van der Waals surface area (Å²) in [5.41, 5.74) is 1.75. The van der Waals surface area contributed by atoms with Gasteiger partial charge in [-0.2, -0.15) is 0 Å². The highest BCUT2D eigenvalue weighted by Gasteiger charge is 2.28. The van der Waals surface area contributed by atoms with Gasteiger partial charge in [-0.1, -0.05) is 18.2 Å². The van der Waals surface area contributed by atoms with Crippen molar-refractivity contribution in [1.29, 1.82) is 0 Å². The molecule has 0 spiro atoms. The Kier molecular flexibility index (Phi) is 4.49. The van der Waals surface area contributed by atoms with E-state index in [1.54, 1.807) is 24.4 Å². The highest BCUT2D eigenvalue weighted by Crippen LogP contribution is 2.22. The lowest BCUT2D eigenvalue weighted by molar-refractivity contribution is -0.0330. The number of carbonyl (C=O) groups excluding carboxylic acids is 1. The number of fused-ring (bicyclic) bond motifs is 1. The van der Waals surface area contributed by atoms with E-state index in [9.17, 15) is 9.18 Å². The Bertz CT molecular complexity index is 896. The topological polar surface area (TPSA) is 80.3 Å². The summed E-state index contributed by atoms with van der Waals surface area (Å²) >= 11 is 0. The molecule has 1 amide bonds. The van der Waals surface area contributed by atoms with Gasteiger partial charge in [0.1, 0.15) is 24.4 Å². The fourth-order valence-corrected chi connectivity index (χ4v) is 2.84. The zero-order valence-electron chi connectivity index (χ0n) is 13.9. The summed E-state index contributed by atoms with van der Waals surface area (Å²) in [7, 11) is 0. The summed E-state index contributed by atoms with van der Waals surface area (Å²) in [6.45, 7) is 0.965. The van der Waals surface area contributed by atoms with Crippen LogP contribution in [-0.4, -0.2) is 45.6 Å². The van der Waals surface area contributed by atoms with Crippen LogP contribution in [0.3, 0.4) is 0 Å². The van der Waals surface area contributed by atoms with Crippen LogP contribution in [0.15, 0.2) is 42.6 Å². The normalized spacial score (nSPS) is 17.4. The van der Waals surface area contributed by atoms with E-state index < -0.39 is 11.9 Å². The molecule has 134 valence electrons. The minimum Gasteiger partial charge on any atom is -0.444 e. The summed E-state index contributed by atoms with van der Waals surface area (Å²) < 4.78 is 24.6. The van der Waals surface area contributed by atoms with Crippen molar-refractivity contribution in [3.8, 4) is 0 Å². The number of amides is 1. The zero-order chi connectivity index (χ0) is 17.9. The molecule has 0 unspecified atom stereocenters. The van der Waals surface area contributed by atoms with Crippen LogP contribution in [0.25, 0.3) is 11.2 Å². The molecule has 8 heteroatoms. The van der Waals surface area contributed by atoms with Crippen LogP contribution in [0.5, 0.6) is 0 Å². The van der Waals surface area contributed by atoms with Crippen molar-refractivity contribution in [1.82, 2.24) is 19.9 Å². The highest BCUT2D eigenvalue weighted by atomic mass is 19.1. The number of H-pyrrole nitrogens is 1. The Morgan fingerprint density at radius 2 is 2.23 bits per heavy atom. The fourth-order valence-electron chi connectivity index (χ4n) is 2.84. The van der Waals surface area contributed by atoms with Gasteiger partial charge in [-0.3, -0.25) is 0 Å². The average Bonchev–Trinajstić information content (AvgIpc) is 3.11. The lowest BCUT2D eigenvalue weighted by Gasteiger charge is -2.31. The van der Waals surface area contributed by atoms with E-state index in [-0.39, 0.29) is 12.7 Å². The molecule has 1 saturated heterocycles. The summed E-state index contributed by atoms with van der Waals surface area (Å²) in [5.74, 6) is 0.222. The molecule has 4 rings (SSSR count). The van der Waals surface area contributed by atoms with Crippen molar-refractivity contribution in [3.63, 3.8) is 0 Å². The molecule has 1 aromatic carbocycles. The minimum atomic E-state index is -0.504. The number of morpholine rings is 1. The molecule has 26 heavy (non-hydrogen) atoms. The lowest BCUT2D eigenvalue weighted by Crippen LogP contribution is -2.42. The van der Waals surface area contributed by atoms with Crippen LogP contribution in [-0.2, 0) is 16.1 Å². The van der Waals surface area contributed by atoms with Gasteiger partial charge in [0.2, 0.25) is 0 Å². The molecule has 0 radical (unpaired) electrons. The monoisotopic (exact) mass is 356 g/mol. The number of halogens is 1. The number of nitrogens with zero attached hydrogens (tertiary/aromatic N) is 3. The number of nitrogens with one attached hydrogen (secondary N) is 1. The lowest BCUT2D eigenvalue weighted by atomic mass is 10.2. The average molecular weight is 356 g/mol. The minimum absolute atomic E-state index is 0.109. The number of benzene rings is 1. The first-order valence-electron chi connectivity index (χ1n) is 8.28. The van der Waals surface area contributed by atoms with Crippen LogP contribution in [0, 0.1) is 5.82 Å². The molecule has 0 bridgehead atoms. The standard InChI is InChI=1S/C18H17FN4O3/c19-13-5-2-1-4-12(13)11-26-18(24)23-8-9-25-15(10-23)17-21-14-6-3-7-20-16(14)22-17/h1-7,15H,8-11H2,(H,20,21,22)/t15-/m0/s1. The number of hydrogen-bond donors (Lipinski definition) is 1. The van der Waals surface area contributed by atoms with Crippen LogP contribution in [0.2, 0.25) is 0 Å². The second kappa shape index (κ2) is 7.09. The van der Waals surface area contributed by atoms with E-state index in [0.29, 0.717) is 36.7 Å². The molecule has 3 heterocycles. The van der Waals surface area contributed by atoms with E-state index >= 15 is 0 Å². The van der Waals surface area contributed by atoms with Crippen molar-refractivity contribution in [2.45, 2.75) is 12.7 Å². The molecule has 3 aromatic rings. The molecular weight excluding hydrogens is 339 g/mol. The molecule has 1 N–H and O–H groups in total. The molecule has 1 aliphatic heterocycles. The van der Waals surface area contributed by atoms with Crippen molar-refractivity contribution in [2.75, 3.05) is 19.7 Å². The molecule has 0 saturated carbocycles. The predicted octanol–water partition coefficient (Wildman–Crippen LogP) is 2.81. The first-order chi connectivity index (χ1) is 12.7. The van der Waals surface area contributed by atoms with Crippen molar-refractivity contribution < 1.29 is 18.7 Å². The number of aromatic nitrogens is 3. The van der Waals surface area contributed by atoms with Gasteiger partial charge in [0.25, 0.3) is 0 Å². The molecule has 1 fully saturated rings. The van der Waals surface area contributed by atoms with Gasteiger partial charge < -0.3 is 19.4 Å². The van der Waals surface area contributed by atoms with Crippen LogP contribution < -0.4 is 0 Å². The molecule has 1 aliphatic rings. The van der Waals surface area contributed by atoms with Crippen LogP contribution >= 0.6 is 0 Å². The Morgan fingerprint density at radius 3 is 3.08 bits per heavy atom. The molecule has 7 nitrogen and oxygen atoms in total. The van der Waals surface area contributed by atoms with Crippen LogP contribution in [0.4, 0.5) is 9.18 Å². The van der Waals surface area contributed by atoms with Gasteiger partial charge in [0.05, 0.1) is 18.7 Å². The fraction of sp³-hybridized carbons (Fsp3) is 0.278. The zero-order valence-corrected chi connectivity index (χ0v) is 13.9.